The summed E-state index contributed by atoms with van der Waals surface area (Å²) in [4.78, 5) is 29.8. The third kappa shape index (κ3) is 15.3. The number of nitrogens with one attached hydrogen (secondary N) is 1. The van der Waals surface area contributed by atoms with Crippen molar-refractivity contribution in [3.05, 3.63) is 0 Å². The van der Waals surface area contributed by atoms with E-state index in [1.54, 1.807) is 0 Å². The summed E-state index contributed by atoms with van der Waals surface area (Å²) in [7, 11) is 6.17. The summed E-state index contributed by atoms with van der Waals surface area (Å²) in [6, 6.07) is 0. The first kappa shape index (κ1) is 27.2. The van der Waals surface area contributed by atoms with E-state index in [9.17, 15) is 9.59 Å². The quantitative estimate of drug-likeness (QED) is 0.534. The van der Waals surface area contributed by atoms with Crippen LogP contribution in [0.2, 0.25) is 0 Å². The van der Waals surface area contributed by atoms with Gasteiger partial charge in [0.25, 0.3) is 0 Å². The SMILES string of the molecule is CC.CC(C)C(=O)CN(C)CCN(C)CCN(C)CCNC(=O)C(C)C. The fourth-order valence-corrected chi connectivity index (χ4v) is 2.01. The van der Waals surface area contributed by atoms with Gasteiger partial charge < -0.3 is 15.1 Å². The average molecular weight is 373 g/mol. The van der Waals surface area contributed by atoms with E-state index < -0.39 is 0 Å². The number of Topliss-reactive ketones (excluding diaryl/α,β-unsaturated/α-hetero) is 1. The predicted octanol–water partition coefficient (Wildman–Crippen LogP) is 1.81. The zero-order valence-electron chi connectivity index (χ0n) is 18.8. The van der Waals surface area contributed by atoms with Gasteiger partial charge in [-0.15, -0.1) is 0 Å². The first-order valence-electron chi connectivity index (χ1n) is 9.99. The molecule has 0 unspecified atom stereocenters. The molecule has 0 aromatic carbocycles. The van der Waals surface area contributed by atoms with Crippen LogP contribution in [0.1, 0.15) is 41.5 Å². The number of amides is 1. The molecule has 26 heavy (non-hydrogen) atoms. The van der Waals surface area contributed by atoms with Crippen molar-refractivity contribution in [3.8, 4) is 0 Å². The third-order valence-electron chi connectivity index (χ3n) is 4.11. The van der Waals surface area contributed by atoms with Crippen molar-refractivity contribution in [2.75, 3.05) is 67.0 Å². The highest BCUT2D eigenvalue weighted by Gasteiger charge is 2.11. The normalized spacial score (nSPS) is 11.3. The molecule has 0 aromatic heterocycles. The molecule has 0 atom stereocenters. The molecule has 0 fully saturated rings. The Bertz CT molecular complexity index is 373. The highest BCUT2D eigenvalue weighted by Crippen LogP contribution is 1.97. The van der Waals surface area contributed by atoms with Gasteiger partial charge in [-0.1, -0.05) is 41.5 Å². The molecule has 0 aromatic rings. The van der Waals surface area contributed by atoms with Crippen molar-refractivity contribution in [3.63, 3.8) is 0 Å². The van der Waals surface area contributed by atoms with Crippen molar-refractivity contribution in [2.45, 2.75) is 41.5 Å². The van der Waals surface area contributed by atoms with Crippen molar-refractivity contribution in [2.24, 2.45) is 11.8 Å². The van der Waals surface area contributed by atoms with Gasteiger partial charge in [0.2, 0.25) is 5.91 Å². The van der Waals surface area contributed by atoms with Gasteiger partial charge in [0, 0.05) is 51.1 Å². The average Bonchev–Trinajstić information content (AvgIpc) is 2.59. The number of hydrogen-bond donors (Lipinski definition) is 1. The van der Waals surface area contributed by atoms with Gasteiger partial charge in [0.15, 0.2) is 0 Å². The second-order valence-electron chi connectivity index (χ2n) is 7.41. The minimum atomic E-state index is 0.0426. The van der Waals surface area contributed by atoms with Crippen LogP contribution >= 0.6 is 0 Å². The van der Waals surface area contributed by atoms with E-state index in [4.69, 9.17) is 0 Å². The summed E-state index contributed by atoms with van der Waals surface area (Å²) in [5.41, 5.74) is 0. The largest absolute Gasteiger partial charge is 0.355 e. The number of ketones is 1. The van der Waals surface area contributed by atoms with Crippen LogP contribution in [-0.2, 0) is 9.59 Å². The van der Waals surface area contributed by atoms with E-state index in [1.165, 1.54) is 0 Å². The zero-order valence-corrected chi connectivity index (χ0v) is 18.8. The number of hydrogen-bond acceptors (Lipinski definition) is 5. The van der Waals surface area contributed by atoms with E-state index in [0.29, 0.717) is 18.9 Å². The molecule has 0 aliphatic rings. The predicted molar refractivity (Wildman–Crippen MR) is 112 cm³/mol. The zero-order chi connectivity index (χ0) is 20.7. The van der Waals surface area contributed by atoms with Crippen LogP contribution in [0.25, 0.3) is 0 Å². The van der Waals surface area contributed by atoms with E-state index >= 15 is 0 Å². The van der Waals surface area contributed by atoms with E-state index in [-0.39, 0.29) is 17.7 Å². The van der Waals surface area contributed by atoms with Gasteiger partial charge in [-0.3, -0.25) is 14.5 Å². The topological polar surface area (TPSA) is 55.9 Å². The first-order valence-corrected chi connectivity index (χ1v) is 9.99. The lowest BCUT2D eigenvalue weighted by Crippen LogP contribution is -2.40. The molecule has 0 aliphatic heterocycles. The Labute approximate surface area is 162 Å². The molecule has 0 aliphatic carbocycles. The summed E-state index contributed by atoms with van der Waals surface area (Å²) in [6.07, 6.45) is 0. The Morgan fingerprint density at radius 3 is 1.58 bits per heavy atom. The molecule has 0 rings (SSSR count). The molecule has 0 heterocycles. The van der Waals surface area contributed by atoms with Crippen LogP contribution in [0.4, 0.5) is 0 Å². The van der Waals surface area contributed by atoms with Gasteiger partial charge >= 0.3 is 0 Å². The van der Waals surface area contributed by atoms with Crippen LogP contribution in [0.5, 0.6) is 0 Å². The molecule has 6 nitrogen and oxygen atoms in total. The smallest absolute Gasteiger partial charge is 0.222 e. The second-order valence-corrected chi connectivity index (χ2v) is 7.41. The minimum absolute atomic E-state index is 0.0426. The monoisotopic (exact) mass is 372 g/mol. The van der Waals surface area contributed by atoms with Crippen LogP contribution in [0.15, 0.2) is 0 Å². The number of rotatable bonds is 13. The molecule has 0 saturated heterocycles. The molecular weight excluding hydrogens is 328 g/mol. The Morgan fingerprint density at radius 2 is 1.15 bits per heavy atom. The number of carbonyl (C=O) groups excluding carboxylic acids is 2. The van der Waals surface area contributed by atoms with Gasteiger partial charge in [-0.05, 0) is 21.1 Å². The van der Waals surface area contributed by atoms with Gasteiger partial charge in [-0.25, -0.2) is 0 Å². The third-order valence-corrected chi connectivity index (χ3v) is 4.11. The lowest BCUT2D eigenvalue weighted by atomic mass is 10.1. The Morgan fingerprint density at radius 1 is 0.731 bits per heavy atom. The molecule has 0 spiro atoms. The summed E-state index contributed by atoms with van der Waals surface area (Å²) >= 11 is 0. The second kappa shape index (κ2) is 16.2. The molecule has 6 heteroatoms. The summed E-state index contributed by atoms with van der Waals surface area (Å²) in [6.45, 7) is 17.5. The summed E-state index contributed by atoms with van der Waals surface area (Å²) in [5, 5.41) is 2.94. The van der Waals surface area contributed by atoms with E-state index in [2.05, 4.69) is 34.1 Å². The Balaban J connectivity index is 0. The highest BCUT2D eigenvalue weighted by molar-refractivity contribution is 5.82. The molecule has 1 amide bonds. The van der Waals surface area contributed by atoms with Crippen molar-refractivity contribution >= 4 is 11.7 Å². The van der Waals surface area contributed by atoms with Crippen LogP contribution in [0, 0.1) is 11.8 Å². The molecule has 156 valence electrons. The molecule has 0 saturated carbocycles. The molecular formula is C20H44N4O2. The van der Waals surface area contributed by atoms with E-state index in [0.717, 1.165) is 32.7 Å². The fraction of sp³-hybridized carbons (Fsp3) is 0.900. The summed E-state index contributed by atoms with van der Waals surface area (Å²) in [5.74, 6) is 0.554. The van der Waals surface area contributed by atoms with Gasteiger partial charge in [-0.2, -0.15) is 0 Å². The minimum Gasteiger partial charge on any atom is -0.355 e. The fourth-order valence-electron chi connectivity index (χ4n) is 2.01. The number of nitrogens with zero attached hydrogens (tertiary/aromatic N) is 3. The lowest BCUT2D eigenvalue weighted by Gasteiger charge is -2.24. The van der Waals surface area contributed by atoms with Crippen LogP contribution in [0.3, 0.4) is 0 Å². The molecule has 0 bridgehead atoms. The maximum absolute atomic E-state index is 11.7. The van der Waals surface area contributed by atoms with E-state index in [1.807, 2.05) is 48.6 Å². The standard InChI is InChI=1S/C18H38N4O2.C2H6/c1-15(2)17(23)14-22(7)13-12-21(6)11-10-20(5)9-8-19-18(24)16(3)4;1-2/h15-16H,8-14H2,1-7H3,(H,19,24);1-2H3. The summed E-state index contributed by atoms with van der Waals surface area (Å²) < 4.78 is 0. The van der Waals surface area contributed by atoms with Crippen LogP contribution < -0.4 is 5.32 Å². The lowest BCUT2D eigenvalue weighted by molar-refractivity contribution is -0.124. The Hall–Kier alpha value is -0.980. The highest BCUT2D eigenvalue weighted by atomic mass is 16.1. The molecule has 0 radical (unpaired) electrons. The van der Waals surface area contributed by atoms with Gasteiger partial charge in [0.1, 0.15) is 5.78 Å². The van der Waals surface area contributed by atoms with Crippen molar-refractivity contribution in [1.82, 2.24) is 20.0 Å². The van der Waals surface area contributed by atoms with Crippen molar-refractivity contribution in [1.29, 1.82) is 0 Å². The number of likely N-dealkylation sites (N-methyl/N-ethyl adjacent to an activating group) is 3. The molecule has 1 N–H and O–H groups in total. The first-order chi connectivity index (χ1) is 12.1. The van der Waals surface area contributed by atoms with Gasteiger partial charge in [0.05, 0.1) is 6.54 Å². The van der Waals surface area contributed by atoms with Crippen molar-refractivity contribution < 1.29 is 9.59 Å². The van der Waals surface area contributed by atoms with Crippen LogP contribution in [-0.4, -0.2) is 93.3 Å². The Kier molecular flexibility index (Phi) is 17.0. The maximum Gasteiger partial charge on any atom is 0.222 e. The maximum atomic E-state index is 11.7. The number of carbonyl (C=O) groups is 2.